The first-order valence-electron chi connectivity index (χ1n) is 8.70. The van der Waals surface area contributed by atoms with Gasteiger partial charge in [-0.05, 0) is 30.2 Å². The number of nitrogens with zero attached hydrogens (tertiary/aromatic N) is 3. The van der Waals surface area contributed by atoms with E-state index in [0.29, 0.717) is 6.10 Å². The molecular weight excluding hydrogens is 318 g/mol. The topological polar surface area (TPSA) is 39.9 Å². The van der Waals surface area contributed by atoms with Gasteiger partial charge in [0.25, 0.3) is 0 Å². The molecule has 1 fully saturated rings. The molecule has 1 saturated heterocycles. The predicted octanol–water partition coefficient (Wildman–Crippen LogP) is 4.44. The summed E-state index contributed by atoms with van der Waals surface area (Å²) in [7, 11) is 2.04. The summed E-state index contributed by atoms with van der Waals surface area (Å²) in [5.74, 6) is 1.87. The molecular formula is C19H27N3OS. The summed E-state index contributed by atoms with van der Waals surface area (Å²) in [6.07, 6.45) is 3.98. The third kappa shape index (κ3) is 4.01. The Bertz CT molecular complexity index is 667. The molecule has 2 heterocycles. The van der Waals surface area contributed by atoms with Crippen molar-refractivity contribution < 1.29 is 4.74 Å². The van der Waals surface area contributed by atoms with E-state index in [1.165, 1.54) is 18.4 Å². The number of rotatable bonds is 4. The lowest BCUT2D eigenvalue weighted by Gasteiger charge is -2.21. The van der Waals surface area contributed by atoms with E-state index in [0.717, 1.165) is 35.3 Å². The van der Waals surface area contributed by atoms with Crippen LogP contribution in [0.3, 0.4) is 0 Å². The van der Waals surface area contributed by atoms with Crippen molar-refractivity contribution in [2.75, 3.05) is 12.4 Å². The first-order valence-corrected chi connectivity index (χ1v) is 9.68. The van der Waals surface area contributed by atoms with Gasteiger partial charge in [-0.25, -0.2) is 0 Å². The predicted molar refractivity (Wildman–Crippen MR) is 99.5 cm³/mol. The van der Waals surface area contributed by atoms with Gasteiger partial charge in [0.1, 0.15) is 0 Å². The van der Waals surface area contributed by atoms with Crippen LogP contribution in [-0.4, -0.2) is 33.2 Å². The monoisotopic (exact) mass is 345 g/mol. The van der Waals surface area contributed by atoms with Crippen LogP contribution in [-0.2, 0) is 17.2 Å². The SMILES string of the molecule is Cn1c(SC[C@H]2CCCCO2)nnc1-c1ccc(C(C)(C)C)cc1. The van der Waals surface area contributed by atoms with Crippen LogP contribution in [0.1, 0.15) is 45.6 Å². The maximum Gasteiger partial charge on any atom is 0.191 e. The van der Waals surface area contributed by atoms with Gasteiger partial charge >= 0.3 is 0 Å². The molecule has 0 N–H and O–H groups in total. The molecule has 0 aliphatic carbocycles. The molecule has 0 spiro atoms. The van der Waals surface area contributed by atoms with E-state index in [-0.39, 0.29) is 5.41 Å². The van der Waals surface area contributed by atoms with Crippen LogP contribution in [0.4, 0.5) is 0 Å². The van der Waals surface area contributed by atoms with Crippen LogP contribution in [0.15, 0.2) is 29.4 Å². The number of benzene rings is 1. The van der Waals surface area contributed by atoms with Gasteiger partial charge in [0.2, 0.25) is 0 Å². The fraction of sp³-hybridized carbons (Fsp3) is 0.579. The van der Waals surface area contributed by atoms with E-state index < -0.39 is 0 Å². The Kier molecular flexibility index (Phi) is 5.30. The second-order valence-corrected chi connectivity index (χ2v) is 8.48. The maximum absolute atomic E-state index is 5.80. The van der Waals surface area contributed by atoms with Gasteiger partial charge in [-0.3, -0.25) is 0 Å². The lowest BCUT2D eigenvalue weighted by Crippen LogP contribution is -2.21. The molecule has 1 aromatic heterocycles. The Labute approximate surface area is 149 Å². The fourth-order valence-corrected chi connectivity index (χ4v) is 3.89. The van der Waals surface area contributed by atoms with Crippen molar-refractivity contribution in [3.8, 4) is 11.4 Å². The van der Waals surface area contributed by atoms with E-state index in [1.54, 1.807) is 11.8 Å². The van der Waals surface area contributed by atoms with Crippen LogP contribution in [0.2, 0.25) is 0 Å². The van der Waals surface area contributed by atoms with E-state index in [2.05, 4.69) is 59.8 Å². The molecule has 5 heteroatoms. The molecule has 0 amide bonds. The summed E-state index contributed by atoms with van der Waals surface area (Å²) in [6, 6.07) is 8.66. The Morgan fingerprint density at radius 2 is 1.92 bits per heavy atom. The molecule has 1 atom stereocenters. The van der Waals surface area contributed by atoms with Crippen molar-refractivity contribution in [3.05, 3.63) is 29.8 Å². The highest BCUT2D eigenvalue weighted by Crippen LogP contribution is 2.28. The van der Waals surface area contributed by atoms with E-state index in [1.807, 2.05) is 7.05 Å². The normalized spacial score (nSPS) is 18.8. The number of ether oxygens (including phenoxy) is 1. The molecule has 0 radical (unpaired) electrons. The Morgan fingerprint density at radius 1 is 1.17 bits per heavy atom. The third-order valence-corrected chi connectivity index (χ3v) is 5.67. The van der Waals surface area contributed by atoms with Crippen molar-refractivity contribution in [1.29, 1.82) is 0 Å². The molecule has 4 nitrogen and oxygen atoms in total. The van der Waals surface area contributed by atoms with Crippen LogP contribution < -0.4 is 0 Å². The lowest BCUT2D eigenvalue weighted by atomic mass is 9.87. The largest absolute Gasteiger partial charge is 0.377 e. The number of thioether (sulfide) groups is 1. The van der Waals surface area contributed by atoms with Crippen LogP contribution >= 0.6 is 11.8 Å². The quantitative estimate of drug-likeness (QED) is 0.768. The minimum atomic E-state index is 0.166. The molecule has 1 aliphatic rings. The van der Waals surface area contributed by atoms with E-state index in [9.17, 15) is 0 Å². The third-order valence-electron chi connectivity index (χ3n) is 4.52. The van der Waals surface area contributed by atoms with Crippen molar-refractivity contribution in [2.24, 2.45) is 7.05 Å². The highest BCUT2D eigenvalue weighted by molar-refractivity contribution is 7.99. The fourth-order valence-electron chi connectivity index (χ4n) is 2.92. The van der Waals surface area contributed by atoms with Crippen LogP contribution in [0, 0.1) is 0 Å². The minimum Gasteiger partial charge on any atom is -0.377 e. The maximum atomic E-state index is 5.80. The van der Waals surface area contributed by atoms with Crippen molar-refractivity contribution in [1.82, 2.24) is 14.8 Å². The summed E-state index contributed by atoms with van der Waals surface area (Å²) in [5.41, 5.74) is 2.61. The minimum absolute atomic E-state index is 0.166. The van der Waals surface area contributed by atoms with Gasteiger partial charge < -0.3 is 9.30 Å². The van der Waals surface area contributed by atoms with Crippen molar-refractivity contribution >= 4 is 11.8 Å². The molecule has 0 bridgehead atoms. The Morgan fingerprint density at radius 3 is 2.54 bits per heavy atom. The average molecular weight is 346 g/mol. The smallest absolute Gasteiger partial charge is 0.191 e. The summed E-state index contributed by atoms with van der Waals surface area (Å²) >= 11 is 1.74. The standard InChI is InChI=1S/C19H27N3OS/c1-19(2,3)15-10-8-14(9-11-15)17-20-21-18(22(17)4)24-13-16-7-5-6-12-23-16/h8-11,16H,5-7,12-13H2,1-4H3/t16-/m1/s1. The summed E-state index contributed by atoms with van der Waals surface area (Å²) in [6.45, 7) is 7.58. The number of hydrogen-bond acceptors (Lipinski definition) is 4. The average Bonchev–Trinajstić information content (AvgIpc) is 2.94. The van der Waals surface area contributed by atoms with Gasteiger partial charge in [-0.1, -0.05) is 56.8 Å². The van der Waals surface area contributed by atoms with Crippen molar-refractivity contribution in [2.45, 2.75) is 56.7 Å². The molecule has 0 saturated carbocycles. The molecule has 1 aromatic carbocycles. The van der Waals surface area contributed by atoms with Gasteiger partial charge in [-0.15, -0.1) is 10.2 Å². The zero-order chi connectivity index (χ0) is 17.2. The Balaban J connectivity index is 1.70. The highest BCUT2D eigenvalue weighted by atomic mass is 32.2. The number of aromatic nitrogens is 3. The molecule has 130 valence electrons. The number of hydrogen-bond donors (Lipinski definition) is 0. The lowest BCUT2D eigenvalue weighted by molar-refractivity contribution is 0.0315. The molecule has 0 unspecified atom stereocenters. The van der Waals surface area contributed by atoms with Gasteiger partial charge in [-0.2, -0.15) is 0 Å². The zero-order valence-electron chi connectivity index (χ0n) is 15.1. The second-order valence-electron chi connectivity index (χ2n) is 7.49. The van der Waals surface area contributed by atoms with E-state index >= 15 is 0 Å². The molecule has 2 aromatic rings. The van der Waals surface area contributed by atoms with Crippen LogP contribution in [0.25, 0.3) is 11.4 Å². The van der Waals surface area contributed by atoms with E-state index in [4.69, 9.17) is 4.74 Å². The first kappa shape index (κ1) is 17.5. The Hall–Kier alpha value is -1.33. The second kappa shape index (κ2) is 7.28. The zero-order valence-corrected chi connectivity index (χ0v) is 15.9. The molecule has 24 heavy (non-hydrogen) atoms. The van der Waals surface area contributed by atoms with Gasteiger partial charge in [0, 0.05) is 25.0 Å². The molecule has 1 aliphatic heterocycles. The highest BCUT2D eigenvalue weighted by Gasteiger charge is 2.18. The summed E-state index contributed by atoms with van der Waals surface area (Å²) < 4.78 is 7.88. The molecule has 3 rings (SSSR count). The first-order chi connectivity index (χ1) is 11.4. The summed E-state index contributed by atoms with van der Waals surface area (Å²) in [4.78, 5) is 0. The van der Waals surface area contributed by atoms with Gasteiger partial charge in [0.05, 0.1) is 6.10 Å². The van der Waals surface area contributed by atoms with Gasteiger partial charge in [0.15, 0.2) is 11.0 Å². The summed E-state index contributed by atoms with van der Waals surface area (Å²) in [5, 5.41) is 9.72. The van der Waals surface area contributed by atoms with Crippen molar-refractivity contribution in [3.63, 3.8) is 0 Å². The van der Waals surface area contributed by atoms with Crippen LogP contribution in [0.5, 0.6) is 0 Å².